The first kappa shape index (κ1) is 12.7. The van der Waals surface area contributed by atoms with Gasteiger partial charge in [0.15, 0.2) is 0 Å². The van der Waals surface area contributed by atoms with Gasteiger partial charge in [-0.3, -0.25) is 10.8 Å². The summed E-state index contributed by atoms with van der Waals surface area (Å²) < 4.78 is 13.9. The first-order chi connectivity index (χ1) is 9.79. The number of nitrogens with zero attached hydrogens (tertiary/aromatic N) is 1. The summed E-state index contributed by atoms with van der Waals surface area (Å²) in [5, 5.41) is 1.00. The number of aromatic nitrogens is 1. The number of hydrogen-bond acceptors (Lipinski definition) is 3. The van der Waals surface area contributed by atoms with Crippen LogP contribution in [0.25, 0.3) is 10.9 Å². The predicted molar refractivity (Wildman–Crippen MR) is 77.3 cm³/mol. The van der Waals surface area contributed by atoms with Crippen molar-refractivity contribution in [1.29, 1.82) is 0 Å². The van der Waals surface area contributed by atoms with Crippen molar-refractivity contribution in [3.63, 3.8) is 0 Å². The van der Waals surface area contributed by atoms with Crippen LogP contribution in [-0.4, -0.2) is 4.98 Å². The Bertz CT molecular complexity index is 742. The van der Waals surface area contributed by atoms with E-state index in [1.165, 1.54) is 6.07 Å². The molecule has 100 valence electrons. The second-order valence-corrected chi connectivity index (χ2v) is 4.58. The molecule has 1 unspecified atom stereocenters. The van der Waals surface area contributed by atoms with Crippen LogP contribution in [-0.2, 0) is 0 Å². The number of benzene rings is 2. The van der Waals surface area contributed by atoms with E-state index in [1.54, 1.807) is 24.4 Å². The number of nitrogens with two attached hydrogens (primary N) is 1. The summed E-state index contributed by atoms with van der Waals surface area (Å²) in [6.07, 6.45) is 1.75. The quantitative estimate of drug-likeness (QED) is 0.566. The molecule has 3 nitrogen and oxygen atoms in total. The van der Waals surface area contributed by atoms with Gasteiger partial charge >= 0.3 is 0 Å². The van der Waals surface area contributed by atoms with Crippen LogP contribution in [0.3, 0.4) is 0 Å². The standard InChI is InChI=1S/C16H14FN3/c17-14-6-2-1-5-13(14)16(20-18)12-7-8-15-11(10-12)4-3-9-19-15/h1-10,16,20H,18H2. The van der Waals surface area contributed by atoms with E-state index in [9.17, 15) is 4.39 Å². The normalized spacial score (nSPS) is 12.5. The Morgan fingerprint density at radius 1 is 1.05 bits per heavy atom. The molecule has 4 heteroatoms. The van der Waals surface area contributed by atoms with Gasteiger partial charge in [-0.15, -0.1) is 0 Å². The minimum absolute atomic E-state index is 0.276. The van der Waals surface area contributed by atoms with E-state index < -0.39 is 0 Å². The van der Waals surface area contributed by atoms with E-state index in [0.29, 0.717) is 5.56 Å². The number of halogens is 1. The zero-order valence-corrected chi connectivity index (χ0v) is 10.8. The Kier molecular flexibility index (Phi) is 3.41. The lowest BCUT2D eigenvalue weighted by atomic mass is 9.97. The first-order valence-electron chi connectivity index (χ1n) is 6.35. The van der Waals surface area contributed by atoms with Gasteiger partial charge in [-0.1, -0.05) is 30.3 Å². The molecule has 2 aromatic carbocycles. The van der Waals surface area contributed by atoms with Crippen LogP contribution >= 0.6 is 0 Å². The second kappa shape index (κ2) is 5.36. The van der Waals surface area contributed by atoms with Crippen LogP contribution in [0.1, 0.15) is 17.2 Å². The fourth-order valence-corrected chi connectivity index (χ4v) is 2.35. The maximum Gasteiger partial charge on any atom is 0.128 e. The van der Waals surface area contributed by atoms with E-state index in [-0.39, 0.29) is 11.9 Å². The molecule has 0 aliphatic carbocycles. The zero-order chi connectivity index (χ0) is 13.9. The molecule has 0 radical (unpaired) electrons. The third kappa shape index (κ3) is 2.27. The van der Waals surface area contributed by atoms with Crippen molar-refractivity contribution in [3.05, 3.63) is 77.7 Å². The predicted octanol–water partition coefficient (Wildman–Crippen LogP) is 2.93. The van der Waals surface area contributed by atoms with E-state index >= 15 is 0 Å². The van der Waals surface area contributed by atoms with E-state index in [2.05, 4.69) is 10.4 Å². The number of hydrazine groups is 1. The van der Waals surface area contributed by atoms with Crippen molar-refractivity contribution in [2.75, 3.05) is 0 Å². The molecule has 3 N–H and O–H groups in total. The monoisotopic (exact) mass is 267 g/mol. The third-order valence-corrected chi connectivity index (χ3v) is 3.34. The van der Waals surface area contributed by atoms with Gasteiger partial charge in [0.05, 0.1) is 11.6 Å². The van der Waals surface area contributed by atoms with Crippen molar-refractivity contribution in [1.82, 2.24) is 10.4 Å². The number of pyridine rings is 1. The van der Waals surface area contributed by atoms with Crippen molar-refractivity contribution in [3.8, 4) is 0 Å². The minimum Gasteiger partial charge on any atom is -0.271 e. The number of rotatable bonds is 3. The van der Waals surface area contributed by atoms with E-state index in [1.807, 2.05) is 30.3 Å². The minimum atomic E-state index is -0.388. The summed E-state index contributed by atoms with van der Waals surface area (Å²) >= 11 is 0. The summed E-state index contributed by atoms with van der Waals surface area (Å²) in [4.78, 5) is 4.27. The van der Waals surface area contributed by atoms with Crippen LogP contribution in [0.2, 0.25) is 0 Å². The molecule has 1 atom stereocenters. The van der Waals surface area contributed by atoms with Gasteiger partial charge in [-0.2, -0.15) is 0 Å². The molecular weight excluding hydrogens is 253 g/mol. The molecule has 1 heterocycles. The van der Waals surface area contributed by atoms with Crippen LogP contribution in [0.4, 0.5) is 4.39 Å². The molecule has 3 rings (SSSR count). The average molecular weight is 267 g/mol. The van der Waals surface area contributed by atoms with Crippen LogP contribution in [0, 0.1) is 5.82 Å². The summed E-state index contributed by atoms with van der Waals surface area (Å²) in [6, 6.07) is 15.9. The van der Waals surface area contributed by atoms with Crippen LogP contribution in [0.15, 0.2) is 60.8 Å². The summed E-state index contributed by atoms with van der Waals surface area (Å²) in [7, 11) is 0. The lowest BCUT2D eigenvalue weighted by Gasteiger charge is -2.18. The summed E-state index contributed by atoms with van der Waals surface area (Å²) in [6.45, 7) is 0. The van der Waals surface area contributed by atoms with Crippen molar-refractivity contribution >= 4 is 10.9 Å². The Labute approximate surface area is 116 Å². The van der Waals surface area contributed by atoms with Gasteiger partial charge in [0.2, 0.25) is 0 Å². The zero-order valence-electron chi connectivity index (χ0n) is 10.8. The van der Waals surface area contributed by atoms with Gasteiger partial charge in [0, 0.05) is 17.1 Å². The van der Waals surface area contributed by atoms with Crippen LogP contribution < -0.4 is 11.3 Å². The molecule has 0 amide bonds. The Morgan fingerprint density at radius 2 is 1.90 bits per heavy atom. The Hall–Kier alpha value is -2.30. The summed E-state index contributed by atoms with van der Waals surface area (Å²) in [5.74, 6) is 5.34. The highest BCUT2D eigenvalue weighted by Gasteiger charge is 2.16. The van der Waals surface area contributed by atoms with Gasteiger partial charge in [0.25, 0.3) is 0 Å². The molecule has 0 aliphatic heterocycles. The van der Waals surface area contributed by atoms with Gasteiger partial charge in [-0.05, 0) is 29.8 Å². The fourth-order valence-electron chi connectivity index (χ4n) is 2.35. The van der Waals surface area contributed by atoms with Crippen molar-refractivity contribution < 1.29 is 4.39 Å². The molecule has 3 aromatic rings. The average Bonchev–Trinajstić information content (AvgIpc) is 2.50. The maximum absolute atomic E-state index is 13.9. The highest BCUT2D eigenvalue weighted by atomic mass is 19.1. The van der Waals surface area contributed by atoms with Gasteiger partial charge in [-0.25, -0.2) is 9.82 Å². The topological polar surface area (TPSA) is 50.9 Å². The van der Waals surface area contributed by atoms with Crippen molar-refractivity contribution in [2.24, 2.45) is 5.84 Å². The smallest absolute Gasteiger partial charge is 0.128 e. The molecule has 0 bridgehead atoms. The van der Waals surface area contributed by atoms with Gasteiger partial charge < -0.3 is 0 Å². The molecular formula is C16H14FN3. The van der Waals surface area contributed by atoms with E-state index in [4.69, 9.17) is 5.84 Å². The second-order valence-electron chi connectivity index (χ2n) is 4.58. The SMILES string of the molecule is NNC(c1ccc2ncccc2c1)c1ccccc1F. The fraction of sp³-hybridized carbons (Fsp3) is 0.0625. The lowest BCUT2D eigenvalue weighted by molar-refractivity contribution is 0.560. The lowest BCUT2D eigenvalue weighted by Crippen LogP contribution is -2.29. The first-order valence-corrected chi connectivity index (χ1v) is 6.35. The van der Waals surface area contributed by atoms with Crippen LogP contribution in [0.5, 0.6) is 0 Å². The highest BCUT2D eigenvalue weighted by Crippen LogP contribution is 2.26. The molecule has 0 fully saturated rings. The molecule has 0 saturated heterocycles. The molecule has 1 aromatic heterocycles. The summed E-state index contributed by atoms with van der Waals surface area (Å²) in [5.41, 5.74) is 5.01. The maximum atomic E-state index is 13.9. The largest absolute Gasteiger partial charge is 0.271 e. The Balaban J connectivity index is 2.10. The van der Waals surface area contributed by atoms with Crippen molar-refractivity contribution in [2.45, 2.75) is 6.04 Å². The Morgan fingerprint density at radius 3 is 2.70 bits per heavy atom. The van der Waals surface area contributed by atoms with E-state index in [0.717, 1.165) is 16.5 Å². The van der Waals surface area contributed by atoms with Gasteiger partial charge in [0.1, 0.15) is 5.82 Å². The number of fused-ring (bicyclic) bond motifs is 1. The number of hydrogen-bond donors (Lipinski definition) is 2. The molecule has 0 saturated carbocycles. The molecule has 20 heavy (non-hydrogen) atoms. The number of nitrogens with one attached hydrogen (secondary N) is 1. The molecule has 0 aliphatic rings. The third-order valence-electron chi connectivity index (χ3n) is 3.34. The highest BCUT2D eigenvalue weighted by molar-refractivity contribution is 5.79. The molecule has 0 spiro atoms.